The number of hydrogen-bond acceptors (Lipinski definition) is 3. The molecule has 0 spiro atoms. The Bertz CT molecular complexity index is 3100. The Morgan fingerprint density at radius 2 is 1.00 bits per heavy atom. The second kappa shape index (κ2) is 13.5. The predicted molar refractivity (Wildman–Crippen MR) is 235 cm³/mol. The Kier molecular flexibility index (Phi) is 7.82. The minimum atomic E-state index is 0.302. The molecule has 3 nitrogen and oxygen atoms in total. The van der Waals surface area contributed by atoms with Crippen LogP contribution in [0.15, 0.2) is 182 Å². The van der Waals surface area contributed by atoms with Gasteiger partial charge < -0.3 is 0 Å². The summed E-state index contributed by atoms with van der Waals surface area (Å²) < 4.78 is 4.99. The van der Waals surface area contributed by atoms with Crippen molar-refractivity contribution in [3.63, 3.8) is 0 Å². The molecule has 264 valence electrons. The number of benzene rings is 7. The van der Waals surface area contributed by atoms with Crippen molar-refractivity contribution in [2.24, 2.45) is 0 Å². The molecule has 0 fully saturated rings. The molecule has 1 aliphatic rings. The number of fused-ring (bicyclic) bond motifs is 6. The Hall–Kier alpha value is -6.88. The first-order chi connectivity index (χ1) is 27.7. The largest absolute Gasteiger partial charge is 0.278 e. The molecule has 0 radical (unpaired) electrons. The number of hydrogen-bond donors (Lipinski definition) is 0. The molecule has 10 aromatic rings. The molecular formula is C52H35N3S. The van der Waals surface area contributed by atoms with Gasteiger partial charge >= 0.3 is 0 Å². The molecule has 0 saturated heterocycles. The van der Waals surface area contributed by atoms with Gasteiger partial charge in [0.25, 0.3) is 0 Å². The fraction of sp³-hybridized carbons (Fsp3) is 0.0385. The Balaban J connectivity index is 1.06. The van der Waals surface area contributed by atoms with Crippen molar-refractivity contribution in [2.45, 2.75) is 12.3 Å². The van der Waals surface area contributed by atoms with E-state index < -0.39 is 0 Å². The van der Waals surface area contributed by atoms with E-state index in [2.05, 4.69) is 199 Å². The van der Waals surface area contributed by atoms with Crippen LogP contribution in [0.3, 0.4) is 0 Å². The summed E-state index contributed by atoms with van der Waals surface area (Å²) in [5.41, 5.74) is 12.1. The van der Waals surface area contributed by atoms with Crippen LogP contribution in [-0.4, -0.2) is 14.5 Å². The first-order valence-electron chi connectivity index (χ1n) is 19.2. The van der Waals surface area contributed by atoms with E-state index >= 15 is 0 Å². The van der Waals surface area contributed by atoms with E-state index in [1.807, 2.05) is 11.3 Å². The summed E-state index contributed by atoms with van der Waals surface area (Å²) >= 11 is 1.90. The zero-order valence-corrected chi connectivity index (χ0v) is 31.3. The van der Waals surface area contributed by atoms with Crippen LogP contribution in [0.4, 0.5) is 0 Å². The monoisotopic (exact) mass is 733 g/mol. The van der Waals surface area contributed by atoms with E-state index in [1.54, 1.807) is 0 Å². The second-order valence-electron chi connectivity index (χ2n) is 14.5. The van der Waals surface area contributed by atoms with Gasteiger partial charge in [-0.2, -0.15) is 0 Å². The third kappa shape index (κ3) is 5.66. The van der Waals surface area contributed by atoms with Gasteiger partial charge in [-0.05, 0) is 75.2 Å². The Labute approximate surface area is 328 Å². The van der Waals surface area contributed by atoms with Crippen LogP contribution in [0, 0.1) is 0 Å². The van der Waals surface area contributed by atoms with Crippen molar-refractivity contribution in [1.82, 2.24) is 14.5 Å². The summed E-state index contributed by atoms with van der Waals surface area (Å²) in [5.74, 6) is 0.957. The van der Waals surface area contributed by atoms with E-state index in [-0.39, 0.29) is 0 Å². The lowest BCUT2D eigenvalue weighted by atomic mass is 9.91. The molecule has 1 atom stereocenters. The van der Waals surface area contributed by atoms with E-state index in [9.17, 15) is 0 Å². The predicted octanol–water partition coefficient (Wildman–Crippen LogP) is 12.2. The molecule has 4 heteroatoms. The molecule has 0 aliphatic heterocycles. The molecule has 0 amide bonds. The highest BCUT2D eigenvalue weighted by Crippen LogP contribution is 2.37. The normalized spacial score (nSPS) is 13.8. The lowest BCUT2D eigenvalue weighted by Gasteiger charge is -2.15. The highest BCUT2D eigenvalue weighted by Gasteiger charge is 2.20. The Morgan fingerprint density at radius 1 is 0.464 bits per heavy atom. The molecule has 1 unspecified atom stereocenters. The summed E-state index contributed by atoms with van der Waals surface area (Å²) in [4.78, 5) is 10.7. The SMILES string of the molecule is C1=c2sc3ccccc3c2=CC(c2ccc3c(c2)c2ccccc2n3-c2nc(-c3ccc(-c4ccccc4)cc3)cc(-c3ccc(-c4ccccc4)cc3)n2)C1. The van der Waals surface area contributed by atoms with Gasteiger partial charge in [0.1, 0.15) is 0 Å². The van der Waals surface area contributed by atoms with Gasteiger partial charge in [-0.15, -0.1) is 11.3 Å². The van der Waals surface area contributed by atoms with Crippen LogP contribution < -0.4 is 9.75 Å². The first-order valence-corrected chi connectivity index (χ1v) is 20.0. The summed E-state index contributed by atoms with van der Waals surface area (Å²) in [6.07, 6.45) is 5.90. The third-order valence-electron chi connectivity index (χ3n) is 11.2. The van der Waals surface area contributed by atoms with Gasteiger partial charge in [-0.25, -0.2) is 9.97 Å². The van der Waals surface area contributed by atoms with Crippen LogP contribution in [0.2, 0.25) is 0 Å². The van der Waals surface area contributed by atoms with Crippen LogP contribution in [0.25, 0.3) is 94.8 Å². The molecule has 0 saturated carbocycles. The number of thiophene rings is 1. The quantitative estimate of drug-likeness (QED) is 0.170. The molecule has 7 aromatic carbocycles. The van der Waals surface area contributed by atoms with Crippen molar-refractivity contribution < 1.29 is 0 Å². The lowest BCUT2D eigenvalue weighted by Crippen LogP contribution is -2.23. The average Bonchev–Trinajstić information content (AvgIpc) is 3.82. The van der Waals surface area contributed by atoms with Gasteiger partial charge in [0.05, 0.1) is 22.4 Å². The minimum absolute atomic E-state index is 0.302. The summed E-state index contributed by atoms with van der Waals surface area (Å²) in [6.45, 7) is 0. The summed E-state index contributed by atoms with van der Waals surface area (Å²) in [6, 6.07) is 65.0. The molecule has 11 rings (SSSR count). The smallest absolute Gasteiger partial charge is 0.235 e. The van der Waals surface area contributed by atoms with Crippen molar-refractivity contribution in [2.75, 3.05) is 0 Å². The van der Waals surface area contributed by atoms with Crippen molar-refractivity contribution >= 4 is 55.4 Å². The maximum atomic E-state index is 5.34. The minimum Gasteiger partial charge on any atom is -0.278 e. The number of aromatic nitrogens is 3. The molecule has 56 heavy (non-hydrogen) atoms. The standard InChI is InChI=1S/C52H35N3S/c1-3-11-34(12-4-1)36-19-23-38(24-20-36)46-33-47(39-25-21-37(22-26-39)35-13-5-2-6-14-35)54-52(53-46)55-48-17-9-7-15-42(48)44-31-40(27-29-49(44)55)41-28-30-51-45(32-41)43-16-8-10-18-50(43)56-51/h1-27,29-33,41H,28H2. The van der Waals surface area contributed by atoms with Gasteiger partial charge in [-0.3, -0.25) is 4.57 Å². The van der Waals surface area contributed by atoms with Crippen molar-refractivity contribution in [3.8, 4) is 50.7 Å². The fourth-order valence-corrected chi connectivity index (χ4v) is 9.48. The van der Waals surface area contributed by atoms with Gasteiger partial charge in [0.2, 0.25) is 5.95 Å². The maximum Gasteiger partial charge on any atom is 0.235 e. The van der Waals surface area contributed by atoms with E-state index in [0.717, 1.165) is 40.0 Å². The summed E-state index contributed by atoms with van der Waals surface area (Å²) in [5, 5.41) is 5.13. The lowest BCUT2D eigenvalue weighted by molar-refractivity contribution is 0.927. The van der Waals surface area contributed by atoms with Crippen LogP contribution >= 0.6 is 11.3 Å². The van der Waals surface area contributed by atoms with E-state index in [1.165, 1.54) is 58.4 Å². The van der Waals surface area contributed by atoms with E-state index in [4.69, 9.17) is 9.97 Å². The molecule has 3 heterocycles. The van der Waals surface area contributed by atoms with Gasteiger partial charge in [-0.1, -0.05) is 164 Å². The van der Waals surface area contributed by atoms with Crippen LogP contribution in [0.1, 0.15) is 17.9 Å². The summed E-state index contributed by atoms with van der Waals surface area (Å²) in [7, 11) is 0. The van der Waals surface area contributed by atoms with Crippen LogP contribution in [0.5, 0.6) is 0 Å². The average molecular weight is 734 g/mol. The van der Waals surface area contributed by atoms with Crippen molar-refractivity contribution in [3.05, 3.63) is 197 Å². The number of para-hydroxylation sites is 1. The maximum absolute atomic E-state index is 5.34. The van der Waals surface area contributed by atoms with E-state index in [0.29, 0.717) is 11.9 Å². The highest BCUT2D eigenvalue weighted by atomic mass is 32.1. The number of nitrogens with zero attached hydrogens (tertiary/aromatic N) is 3. The fourth-order valence-electron chi connectivity index (χ4n) is 8.34. The van der Waals surface area contributed by atoms with Crippen LogP contribution in [-0.2, 0) is 0 Å². The zero-order valence-electron chi connectivity index (χ0n) is 30.5. The molecule has 0 bridgehead atoms. The zero-order chi connectivity index (χ0) is 37.0. The molecule has 3 aromatic heterocycles. The van der Waals surface area contributed by atoms with Gasteiger partial charge in [0, 0.05) is 37.0 Å². The molecular weight excluding hydrogens is 699 g/mol. The van der Waals surface area contributed by atoms with Gasteiger partial charge in [0.15, 0.2) is 0 Å². The highest BCUT2D eigenvalue weighted by molar-refractivity contribution is 7.17. The van der Waals surface area contributed by atoms with Crippen molar-refractivity contribution in [1.29, 1.82) is 0 Å². The second-order valence-corrected chi connectivity index (χ2v) is 15.6. The Morgan fingerprint density at radius 3 is 1.66 bits per heavy atom. The molecule has 0 N–H and O–H groups in total. The topological polar surface area (TPSA) is 30.7 Å². The first kappa shape index (κ1) is 32.5. The molecule has 1 aliphatic carbocycles. The number of rotatable bonds is 6. The third-order valence-corrected chi connectivity index (χ3v) is 12.4.